The number of hydrogen-bond donors (Lipinski definition) is 1. The topological polar surface area (TPSA) is 55.0 Å². The number of halogens is 3. The summed E-state index contributed by atoms with van der Waals surface area (Å²) in [4.78, 5) is 11.6. The summed E-state index contributed by atoms with van der Waals surface area (Å²) >= 11 is 0. The molecule has 2 fully saturated rings. The first-order valence-electron chi connectivity index (χ1n) is 9.98. The lowest BCUT2D eigenvalue weighted by atomic mass is 9.77. The zero-order valence-electron chi connectivity index (χ0n) is 15.5. The molecule has 3 atom stereocenters. The quantitative estimate of drug-likeness (QED) is 0.814. The number of benzene rings is 1. The van der Waals surface area contributed by atoms with E-state index in [1.165, 1.54) is 18.4 Å². The molecular formula is C21H23F3N4. The van der Waals surface area contributed by atoms with Crippen molar-refractivity contribution in [3.05, 3.63) is 58.4 Å². The van der Waals surface area contributed by atoms with Gasteiger partial charge in [0.05, 0.1) is 5.69 Å². The highest BCUT2D eigenvalue weighted by atomic mass is 19.2. The van der Waals surface area contributed by atoms with Gasteiger partial charge in [-0.1, -0.05) is 0 Å². The van der Waals surface area contributed by atoms with Crippen LogP contribution in [-0.4, -0.2) is 27.0 Å². The van der Waals surface area contributed by atoms with Crippen LogP contribution in [0.5, 0.6) is 0 Å². The van der Waals surface area contributed by atoms with Gasteiger partial charge in [0.15, 0.2) is 11.6 Å². The number of aromatic nitrogens is 2. The average Bonchev–Trinajstić information content (AvgIpc) is 3.43. The second-order valence-corrected chi connectivity index (χ2v) is 8.40. The highest BCUT2D eigenvalue weighted by molar-refractivity contribution is 5.27. The SMILES string of the molecule is N[C@H]1C[C@@H](N2Cc3cnc(C4CC4)nc3C2)CC[C@@H]1c1cc(F)c(F)cc1F. The second-order valence-electron chi connectivity index (χ2n) is 8.40. The van der Waals surface area contributed by atoms with Gasteiger partial charge in [0.1, 0.15) is 11.6 Å². The van der Waals surface area contributed by atoms with E-state index in [-0.39, 0.29) is 23.6 Å². The Morgan fingerprint density at radius 3 is 2.50 bits per heavy atom. The summed E-state index contributed by atoms with van der Waals surface area (Å²) in [5, 5.41) is 0. The van der Waals surface area contributed by atoms with Gasteiger partial charge < -0.3 is 5.73 Å². The molecule has 3 aliphatic rings. The summed E-state index contributed by atoms with van der Waals surface area (Å²) < 4.78 is 41.0. The zero-order valence-corrected chi connectivity index (χ0v) is 15.5. The first-order valence-corrected chi connectivity index (χ1v) is 9.98. The molecule has 0 amide bonds. The van der Waals surface area contributed by atoms with E-state index in [0.29, 0.717) is 24.8 Å². The molecule has 5 rings (SSSR count). The predicted molar refractivity (Wildman–Crippen MR) is 97.9 cm³/mol. The molecule has 0 saturated heterocycles. The number of hydrogen-bond acceptors (Lipinski definition) is 4. The number of nitrogens with two attached hydrogens (primary N) is 1. The molecule has 2 N–H and O–H groups in total. The van der Waals surface area contributed by atoms with Crippen LogP contribution in [0.2, 0.25) is 0 Å². The molecule has 0 unspecified atom stereocenters. The number of fused-ring (bicyclic) bond motifs is 1. The van der Waals surface area contributed by atoms with Crippen molar-refractivity contribution in [2.45, 2.75) is 69.1 Å². The first-order chi connectivity index (χ1) is 13.5. The molecule has 2 aliphatic carbocycles. The second kappa shape index (κ2) is 6.81. The Morgan fingerprint density at radius 1 is 0.964 bits per heavy atom. The van der Waals surface area contributed by atoms with Crippen LogP contribution in [0.1, 0.15) is 66.6 Å². The Kier molecular flexibility index (Phi) is 4.39. The summed E-state index contributed by atoms with van der Waals surface area (Å²) in [6, 6.07) is 1.57. The molecule has 0 spiro atoms. The third kappa shape index (κ3) is 3.20. The molecule has 4 nitrogen and oxygen atoms in total. The van der Waals surface area contributed by atoms with Crippen molar-refractivity contribution >= 4 is 0 Å². The molecule has 7 heteroatoms. The van der Waals surface area contributed by atoms with Gasteiger partial charge in [-0.05, 0) is 43.7 Å². The van der Waals surface area contributed by atoms with Gasteiger partial charge in [0.25, 0.3) is 0 Å². The lowest BCUT2D eigenvalue weighted by molar-refractivity contribution is 0.137. The van der Waals surface area contributed by atoms with Gasteiger partial charge >= 0.3 is 0 Å². The molecule has 2 heterocycles. The van der Waals surface area contributed by atoms with Crippen LogP contribution in [0.4, 0.5) is 13.2 Å². The van der Waals surface area contributed by atoms with E-state index in [1.807, 2.05) is 6.20 Å². The predicted octanol–water partition coefficient (Wildman–Crippen LogP) is 3.75. The Hall–Kier alpha value is -1.99. The average molecular weight is 388 g/mol. The lowest BCUT2D eigenvalue weighted by Gasteiger charge is -2.38. The summed E-state index contributed by atoms with van der Waals surface area (Å²) in [5.41, 5.74) is 8.84. The van der Waals surface area contributed by atoms with Gasteiger partial charge in [-0.3, -0.25) is 4.90 Å². The van der Waals surface area contributed by atoms with Crippen LogP contribution in [0.15, 0.2) is 18.3 Å². The van der Waals surface area contributed by atoms with Gasteiger partial charge in [-0.15, -0.1) is 0 Å². The largest absolute Gasteiger partial charge is 0.327 e. The molecule has 148 valence electrons. The fraction of sp³-hybridized carbons (Fsp3) is 0.524. The minimum absolute atomic E-state index is 0.189. The van der Waals surface area contributed by atoms with Crippen LogP contribution < -0.4 is 5.73 Å². The third-order valence-electron chi connectivity index (χ3n) is 6.47. The lowest BCUT2D eigenvalue weighted by Crippen LogP contribution is -2.44. The van der Waals surface area contributed by atoms with Crippen molar-refractivity contribution < 1.29 is 13.2 Å². The van der Waals surface area contributed by atoms with Crippen molar-refractivity contribution in [1.82, 2.24) is 14.9 Å². The summed E-state index contributed by atoms with van der Waals surface area (Å²) in [6.07, 6.45) is 6.51. The third-order valence-corrected chi connectivity index (χ3v) is 6.47. The Morgan fingerprint density at radius 2 is 1.75 bits per heavy atom. The van der Waals surface area contributed by atoms with Gasteiger partial charge in [-0.2, -0.15) is 0 Å². The van der Waals surface area contributed by atoms with Crippen molar-refractivity contribution in [2.24, 2.45) is 5.73 Å². The standard InChI is InChI=1S/C21H23F3N4/c22-16-7-18(24)17(23)6-15(16)14-4-3-13(5-19(14)25)28-9-12-8-26-21(11-1-2-11)27-20(12)10-28/h6-8,11,13-14,19H,1-5,9-10,25H2/t13-,14+,19-/m0/s1. The minimum Gasteiger partial charge on any atom is -0.327 e. The summed E-state index contributed by atoms with van der Waals surface area (Å²) in [6.45, 7) is 1.60. The molecule has 1 aliphatic heterocycles. The van der Waals surface area contributed by atoms with E-state index < -0.39 is 17.5 Å². The molecule has 0 radical (unpaired) electrons. The van der Waals surface area contributed by atoms with Gasteiger partial charge in [-0.25, -0.2) is 23.1 Å². The molecule has 0 bridgehead atoms. The van der Waals surface area contributed by atoms with E-state index in [9.17, 15) is 13.2 Å². The Bertz CT molecular complexity index is 915. The van der Waals surface area contributed by atoms with Gasteiger partial charge in [0.2, 0.25) is 0 Å². The number of nitrogens with zero attached hydrogens (tertiary/aromatic N) is 3. The zero-order chi connectivity index (χ0) is 19.4. The van der Waals surface area contributed by atoms with Crippen LogP contribution in [0.3, 0.4) is 0 Å². The van der Waals surface area contributed by atoms with Crippen LogP contribution in [-0.2, 0) is 13.1 Å². The molecule has 28 heavy (non-hydrogen) atoms. The first kappa shape index (κ1) is 18.1. The van der Waals surface area contributed by atoms with E-state index >= 15 is 0 Å². The number of rotatable bonds is 3. The smallest absolute Gasteiger partial charge is 0.161 e. The van der Waals surface area contributed by atoms with Crippen molar-refractivity contribution in [2.75, 3.05) is 0 Å². The van der Waals surface area contributed by atoms with Crippen molar-refractivity contribution in [3.63, 3.8) is 0 Å². The fourth-order valence-electron chi connectivity index (χ4n) is 4.71. The monoisotopic (exact) mass is 388 g/mol. The Labute approximate surface area is 162 Å². The van der Waals surface area contributed by atoms with Crippen LogP contribution in [0.25, 0.3) is 0 Å². The van der Waals surface area contributed by atoms with Crippen LogP contribution >= 0.6 is 0 Å². The molecule has 1 aromatic heterocycles. The summed E-state index contributed by atoms with van der Waals surface area (Å²) in [5.74, 6) is -1.69. The highest BCUT2D eigenvalue weighted by Gasteiger charge is 2.37. The van der Waals surface area contributed by atoms with E-state index in [4.69, 9.17) is 10.7 Å². The maximum absolute atomic E-state index is 14.2. The van der Waals surface area contributed by atoms with Gasteiger partial charge in [0, 0.05) is 54.8 Å². The molecule has 2 aromatic rings. The highest BCUT2D eigenvalue weighted by Crippen LogP contribution is 2.40. The molecule has 1 aromatic carbocycles. The Balaban J connectivity index is 1.28. The summed E-state index contributed by atoms with van der Waals surface area (Å²) in [7, 11) is 0. The maximum Gasteiger partial charge on any atom is 0.161 e. The normalized spacial score (nSPS) is 27.8. The van der Waals surface area contributed by atoms with Crippen molar-refractivity contribution in [1.29, 1.82) is 0 Å². The van der Waals surface area contributed by atoms with E-state index in [2.05, 4.69) is 9.88 Å². The fourth-order valence-corrected chi connectivity index (χ4v) is 4.71. The molecule has 2 saturated carbocycles. The molecular weight excluding hydrogens is 365 g/mol. The minimum atomic E-state index is -1.16. The maximum atomic E-state index is 14.2. The van der Waals surface area contributed by atoms with Crippen molar-refractivity contribution in [3.8, 4) is 0 Å². The van der Waals surface area contributed by atoms with Crippen LogP contribution in [0, 0.1) is 17.5 Å². The van der Waals surface area contributed by atoms with E-state index in [0.717, 1.165) is 37.1 Å². The van der Waals surface area contributed by atoms with E-state index in [1.54, 1.807) is 0 Å².